The number of aliphatic hydroxyl groups excluding tert-OH is 1. The summed E-state index contributed by atoms with van der Waals surface area (Å²) in [7, 11) is 0. The first-order valence-electron chi connectivity index (χ1n) is 4.35. The van der Waals surface area contributed by atoms with Crippen LogP contribution < -0.4 is 0 Å². The Balaban J connectivity index is 2.71. The van der Waals surface area contributed by atoms with Gasteiger partial charge >= 0.3 is 0 Å². The summed E-state index contributed by atoms with van der Waals surface area (Å²) < 4.78 is 5.42. The number of hydrogen-bond donors (Lipinski definition) is 1. The molecule has 0 saturated carbocycles. The molecule has 0 aliphatic carbocycles. The smallest absolute Gasteiger partial charge is 0.158 e. The Kier molecular flexibility index (Phi) is 2.26. The molecule has 0 aromatic rings. The van der Waals surface area contributed by atoms with Crippen molar-refractivity contribution in [3.8, 4) is 0 Å². The van der Waals surface area contributed by atoms with Gasteiger partial charge in [-0.15, -0.1) is 0 Å². The monoisotopic (exact) mass is 158 g/mol. The minimum absolute atomic E-state index is 0.153. The van der Waals surface area contributed by atoms with Gasteiger partial charge in [0.1, 0.15) is 0 Å². The molecule has 1 fully saturated rings. The summed E-state index contributed by atoms with van der Waals surface area (Å²) in [5, 5.41) is 9.47. The van der Waals surface area contributed by atoms with Gasteiger partial charge in [-0.3, -0.25) is 0 Å². The fourth-order valence-corrected chi connectivity index (χ4v) is 1.82. The lowest BCUT2D eigenvalue weighted by atomic mass is 9.83. The molecule has 1 saturated heterocycles. The number of hydrogen-bond acceptors (Lipinski definition) is 2. The molecular weight excluding hydrogens is 140 g/mol. The summed E-state index contributed by atoms with van der Waals surface area (Å²) in [6.45, 7) is 8.31. The van der Waals surface area contributed by atoms with Crippen LogP contribution in [0.5, 0.6) is 0 Å². The molecular formula is C9H18O2. The van der Waals surface area contributed by atoms with Gasteiger partial charge in [0.25, 0.3) is 0 Å². The van der Waals surface area contributed by atoms with Crippen LogP contribution in [0.25, 0.3) is 0 Å². The van der Waals surface area contributed by atoms with Crippen molar-refractivity contribution in [3.05, 3.63) is 0 Å². The molecule has 3 atom stereocenters. The summed E-state index contributed by atoms with van der Waals surface area (Å²) in [6.07, 6.45) is 0.441. The van der Waals surface area contributed by atoms with Crippen LogP contribution in [-0.2, 0) is 4.74 Å². The Labute approximate surface area is 68.6 Å². The lowest BCUT2D eigenvalue weighted by Crippen LogP contribution is -2.27. The number of rotatable bonds is 1. The minimum Gasteiger partial charge on any atom is -0.368 e. The van der Waals surface area contributed by atoms with E-state index in [2.05, 4.69) is 13.8 Å². The van der Waals surface area contributed by atoms with Gasteiger partial charge in [0, 0.05) is 5.92 Å². The van der Waals surface area contributed by atoms with Crippen LogP contribution in [0, 0.1) is 11.8 Å². The van der Waals surface area contributed by atoms with Crippen molar-refractivity contribution >= 4 is 0 Å². The zero-order valence-electron chi connectivity index (χ0n) is 7.79. The first-order valence-corrected chi connectivity index (χ1v) is 4.35. The van der Waals surface area contributed by atoms with Crippen LogP contribution in [0.3, 0.4) is 0 Å². The Hall–Kier alpha value is -0.0800. The van der Waals surface area contributed by atoms with Crippen LogP contribution in [-0.4, -0.2) is 17.0 Å². The van der Waals surface area contributed by atoms with Crippen LogP contribution >= 0.6 is 0 Å². The maximum absolute atomic E-state index is 9.47. The molecule has 0 aromatic heterocycles. The average Bonchev–Trinajstić information content (AvgIpc) is 2.04. The molecule has 2 nitrogen and oxygen atoms in total. The Morgan fingerprint density at radius 3 is 2.18 bits per heavy atom. The Morgan fingerprint density at radius 2 is 2.00 bits per heavy atom. The average molecular weight is 158 g/mol. The standard InChI is InChI=1S/C9H18O2/c1-5-7-6(2)9(3,4)11-8(7)10/h6-8,10H,5H2,1-4H3. The highest BCUT2D eigenvalue weighted by atomic mass is 16.6. The molecule has 1 aliphatic heterocycles. The quantitative estimate of drug-likeness (QED) is 0.630. The van der Waals surface area contributed by atoms with Crippen molar-refractivity contribution in [3.63, 3.8) is 0 Å². The van der Waals surface area contributed by atoms with E-state index >= 15 is 0 Å². The molecule has 1 rings (SSSR count). The van der Waals surface area contributed by atoms with Crippen LogP contribution in [0.4, 0.5) is 0 Å². The van der Waals surface area contributed by atoms with Gasteiger partial charge in [0.15, 0.2) is 6.29 Å². The van der Waals surface area contributed by atoms with Gasteiger partial charge in [0.2, 0.25) is 0 Å². The van der Waals surface area contributed by atoms with Gasteiger partial charge < -0.3 is 9.84 Å². The molecule has 11 heavy (non-hydrogen) atoms. The highest BCUT2D eigenvalue weighted by Gasteiger charge is 2.44. The lowest BCUT2D eigenvalue weighted by Gasteiger charge is -2.23. The van der Waals surface area contributed by atoms with Crippen molar-refractivity contribution in [1.29, 1.82) is 0 Å². The molecule has 1 N–H and O–H groups in total. The molecule has 0 radical (unpaired) electrons. The molecule has 0 amide bonds. The van der Waals surface area contributed by atoms with Gasteiger partial charge in [-0.1, -0.05) is 13.8 Å². The maximum Gasteiger partial charge on any atom is 0.158 e. The van der Waals surface area contributed by atoms with Crippen LogP contribution in [0.2, 0.25) is 0 Å². The Morgan fingerprint density at radius 1 is 1.45 bits per heavy atom. The van der Waals surface area contributed by atoms with E-state index in [4.69, 9.17) is 4.74 Å². The fraction of sp³-hybridized carbons (Fsp3) is 1.00. The largest absolute Gasteiger partial charge is 0.368 e. The second-order valence-electron chi connectivity index (χ2n) is 3.97. The number of aliphatic hydroxyl groups is 1. The van der Waals surface area contributed by atoms with Crippen molar-refractivity contribution < 1.29 is 9.84 Å². The van der Waals surface area contributed by atoms with Gasteiger partial charge in [0.05, 0.1) is 5.60 Å². The van der Waals surface area contributed by atoms with Crippen molar-refractivity contribution in [2.75, 3.05) is 0 Å². The zero-order valence-corrected chi connectivity index (χ0v) is 7.79. The summed E-state index contributed by atoms with van der Waals surface area (Å²) in [5.41, 5.74) is -0.153. The van der Waals surface area contributed by atoms with Gasteiger partial charge in [-0.25, -0.2) is 0 Å². The molecule has 0 bridgehead atoms. The van der Waals surface area contributed by atoms with Gasteiger partial charge in [-0.05, 0) is 26.2 Å². The van der Waals surface area contributed by atoms with Crippen LogP contribution in [0.1, 0.15) is 34.1 Å². The molecule has 1 aliphatic rings. The van der Waals surface area contributed by atoms with E-state index in [-0.39, 0.29) is 5.60 Å². The van der Waals surface area contributed by atoms with E-state index in [0.717, 1.165) is 6.42 Å². The van der Waals surface area contributed by atoms with Crippen molar-refractivity contribution in [1.82, 2.24) is 0 Å². The first kappa shape index (κ1) is 9.01. The normalized spacial score (nSPS) is 42.8. The van der Waals surface area contributed by atoms with E-state index in [1.807, 2.05) is 13.8 Å². The number of ether oxygens (including phenoxy) is 1. The fourth-order valence-electron chi connectivity index (χ4n) is 1.82. The second kappa shape index (κ2) is 2.76. The third-order valence-corrected chi connectivity index (χ3v) is 3.00. The van der Waals surface area contributed by atoms with Gasteiger partial charge in [-0.2, -0.15) is 0 Å². The summed E-state index contributed by atoms with van der Waals surface area (Å²) >= 11 is 0. The SMILES string of the molecule is CCC1C(O)OC(C)(C)C1C. The molecule has 1 heterocycles. The van der Waals surface area contributed by atoms with Crippen molar-refractivity contribution in [2.24, 2.45) is 11.8 Å². The third-order valence-electron chi connectivity index (χ3n) is 3.00. The van der Waals surface area contributed by atoms with Crippen LogP contribution in [0.15, 0.2) is 0 Å². The summed E-state index contributed by atoms with van der Waals surface area (Å²) in [5.74, 6) is 0.757. The third kappa shape index (κ3) is 1.42. The highest BCUT2D eigenvalue weighted by Crippen LogP contribution is 2.40. The summed E-state index contributed by atoms with van der Waals surface area (Å²) in [4.78, 5) is 0. The first-order chi connectivity index (χ1) is 4.99. The van der Waals surface area contributed by atoms with Crippen molar-refractivity contribution in [2.45, 2.75) is 46.0 Å². The Bertz CT molecular complexity index is 142. The van der Waals surface area contributed by atoms with E-state index in [9.17, 15) is 5.11 Å². The molecule has 2 heteroatoms. The van der Waals surface area contributed by atoms with E-state index in [1.165, 1.54) is 0 Å². The molecule has 0 aromatic carbocycles. The van der Waals surface area contributed by atoms with E-state index < -0.39 is 6.29 Å². The maximum atomic E-state index is 9.47. The minimum atomic E-state index is -0.551. The van der Waals surface area contributed by atoms with E-state index in [1.54, 1.807) is 0 Å². The molecule has 66 valence electrons. The molecule has 3 unspecified atom stereocenters. The molecule has 0 spiro atoms. The highest BCUT2D eigenvalue weighted by molar-refractivity contribution is 4.89. The lowest BCUT2D eigenvalue weighted by molar-refractivity contribution is -0.137. The second-order valence-corrected chi connectivity index (χ2v) is 3.97. The topological polar surface area (TPSA) is 29.5 Å². The predicted molar refractivity (Wildman–Crippen MR) is 44.1 cm³/mol. The zero-order chi connectivity index (χ0) is 8.65. The summed E-state index contributed by atoms with van der Waals surface area (Å²) in [6, 6.07) is 0. The van der Waals surface area contributed by atoms with E-state index in [0.29, 0.717) is 11.8 Å². The predicted octanol–water partition coefficient (Wildman–Crippen LogP) is 1.78.